The van der Waals surface area contributed by atoms with Gasteiger partial charge in [-0.2, -0.15) is 0 Å². The zero-order valence-electron chi connectivity index (χ0n) is 13.7. The summed E-state index contributed by atoms with van der Waals surface area (Å²) in [4.78, 5) is 16.4. The van der Waals surface area contributed by atoms with Crippen LogP contribution in [0.3, 0.4) is 0 Å². The van der Waals surface area contributed by atoms with Gasteiger partial charge in [-0.1, -0.05) is 34.1 Å². The van der Waals surface area contributed by atoms with Crippen LogP contribution in [0.2, 0.25) is 0 Å². The summed E-state index contributed by atoms with van der Waals surface area (Å²) in [5.74, 6) is 0.0375. The molecular formula is C16H29N3O2. The Labute approximate surface area is 127 Å². The Kier molecular flexibility index (Phi) is 6.89. The van der Waals surface area contributed by atoms with Crippen molar-refractivity contribution in [1.29, 1.82) is 0 Å². The van der Waals surface area contributed by atoms with Crippen molar-refractivity contribution < 1.29 is 9.90 Å². The number of hydrogen-bond donors (Lipinski definition) is 2. The summed E-state index contributed by atoms with van der Waals surface area (Å²) in [6.45, 7) is 8.43. The Morgan fingerprint density at radius 3 is 2.57 bits per heavy atom. The molecule has 5 nitrogen and oxygen atoms in total. The Morgan fingerprint density at radius 1 is 1.38 bits per heavy atom. The molecule has 1 aromatic heterocycles. The van der Waals surface area contributed by atoms with Crippen LogP contribution in [0.5, 0.6) is 0 Å². The predicted octanol–water partition coefficient (Wildman–Crippen LogP) is 2.53. The highest BCUT2D eigenvalue weighted by Crippen LogP contribution is 2.23. The van der Waals surface area contributed by atoms with Gasteiger partial charge in [0, 0.05) is 37.5 Å². The fourth-order valence-corrected chi connectivity index (χ4v) is 2.49. The molecule has 0 fully saturated rings. The molecule has 1 amide bonds. The van der Waals surface area contributed by atoms with E-state index >= 15 is 0 Å². The number of hydrogen-bond acceptors (Lipinski definition) is 3. The molecule has 0 bridgehead atoms. The molecule has 1 rings (SSSR count). The van der Waals surface area contributed by atoms with Gasteiger partial charge in [0.1, 0.15) is 0 Å². The Bertz CT molecular complexity index is 410. The third-order valence-corrected chi connectivity index (χ3v) is 3.79. The Balaban J connectivity index is 2.64. The number of aliphatic hydroxyl groups is 1. The lowest BCUT2D eigenvalue weighted by Crippen LogP contribution is -2.44. The third-order valence-electron chi connectivity index (χ3n) is 3.79. The molecule has 0 saturated heterocycles. The monoisotopic (exact) mass is 295 g/mol. The largest absolute Gasteiger partial charge is 0.396 e. The molecule has 2 unspecified atom stereocenters. The first-order valence-corrected chi connectivity index (χ1v) is 7.76. The molecule has 2 N–H and O–H groups in total. The number of carbonyl (C=O) groups is 1. The maximum Gasteiger partial charge on any atom is 0.222 e. The minimum atomic E-state index is -0.0619. The van der Waals surface area contributed by atoms with E-state index in [1.807, 2.05) is 10.8 Å². The van der Waals surface area contributed by atoms with Crippen molar-refractivity contribution in [2.24, 2.45) is 5.41 Å². The van der Waals surface area contributed by atoms with Gasteiger partial charge in [0.2, 0.25) is 5.91 Å². The maximum absolute atomic E-state index is 12.3. The third kappa shape index (κ3) is 5.87. The Hall–Kier alpha value is -1.36. The van der Waals surface area contributed by atoms with E-state index in [1.165, 1.54) is 0 Å². The first kappa shape index (κ1) is 17.7. The number of nitrogens with zero attached hydrogens (tertiary/aromatic N) is 2. The molecule has 0 saturated carbocycles. The van der Waals surface area contributed by atoms with E-state index in [-0.39, 0.29) is 30.0 Å². The van der Waals surface area contributed by atoms with E-state index < -0.39 is 0 Å². The van der Waals surface area contributed by atoms with Crippen LogP contribution >= 0.6 is 0 Å². The average molecular weight is 295 g/mol. The van der Waals surface area contributed by atoms with E-state index in [0.717, 1.165) is 12.8 Å². The molecule has 0 aromatic carbocycles. The summed E-state index contributed by atoms with van der Waals surface area (Å²) in [5.41, 5.74) is -0.0619. The first-order chi connectivity index (χ1) is 9.88. The maximum atomic E-state index is 12.3. The smallest absolute Gasteiger partial charge is 0.222 e. The zero-order valence-corrected chi connectivity index (χ0v) is 13.7. The molecule has 0 aliphatic carbocycles. The first-order valence-electron chi connectivity index (χ1n) is 7.76. The molecule has 2 atom stereocenters. The highest BCUT2D eigenvalue weighted by Gasteiger charge is 2.26. The second kappa shape index (κ2) is 8.17. The van der Waals surface area contributed by atoms with Gasteiger partial charge in [0.25, 0.3) is 0 Å². The van der Waals surface area contributed by atoms with Crippen LogP contribution in [0.1, 0.15) is 59.4 Å². The minimum Gasteiger partial charge on any atom is -0.396 e. The number of aliphatic hydroxyl groups excluding tert-OH is 1. The van der Waals surface area contributed by atoms with Crippen LogP contribution in [-0.2, 0) is 4.79 Å². The molecule has 0 aliphatic heterocycles. The fourth-order valence-electron chi connectivity index (χ4n) is 2.49. The highest BCUT2D eigenvalue weighted by molar-refractivity contribution is 5.76. The number of nitrogens with one attached hydrogen (secondary N) is 1. The van der Waals surface area contributed by atoms with E-state index in [4.69, 9.17) is 5.11 Å². The summed E-state index contributed by atoms with van der Waals surface area (Å²) < 4.78 is 2.00. The van der Waals surface area contributed by atoms with Crippen molar-refractivity contribution in [3.63, 3.8) is 0 Å². The van der Waals surface area contributed by atoms with Gasteiger partial charge in [-0.15, -0.1) is 0 Å². The summed E-state index contributed by atoms with van der Waals surface area (Å²) in [6, 6.07) is 0.132. The van der Waals surface area contributed by atoms with Gasteiger partial charge in [0.15, 0.2) is 0 Å². The van der Waals surface area contributed by atoms with Gasteiger partial charge >= 0.3 is 0 Å². The molecule has 1 aromatic rings. The number of rotatable bonds is 8. The molecule has 1 heterocycles. The lowest BCUT2D eigenvalue weighted by atomic mass is 9.84. The number of amides is 1. The second-order valence-electron chi connectivity index (χ2n) is 6.65. The van der Waals surface area contributed by atoms with Gasteiger partial charge < -0.3 is 15.0 Å². The predicted molar refractivity (Wildman–Crippen MR) is 83.9 cm³/mol. The molecule has 5 heteroatoms. The average Bonchev–Trinajstić information content (AvgIpc) is 2.90. The number of carbonyl (C=O) groups excluding carboxylic acids is 1. The fraction of sp³-hybridized carbons (Fsp3) is 0.750. The van der Waals surface area contributed by atoms with Gasteiger partial charge in [0.05, 0.1) is 6.33 Å². The lowest BCUT2D eigenvalue weighted by Gasteiger charge is -2.31. The normalized spacial score (nSPS) is 14.7. The lowest BCUT2D eigenvalue weighted by molar-refractivity contribution is -0.123. The Morgan fingerprint density at radius 2 is 2.10 bits per heavy atom. The van der Waals surface area contributed by atoms with Crippen LogP contribution in [-0.4, -0.2) is 33.2 Å². The van der Waals surface area contributed by atoms with Crippen LogP contribution in [0, 0.1) is 5.41 Å². The molecule has 0 spiro atoms. The summed E-state index contributed by atoms with van der Waals surface area (Å²) in [5, 5.41) is 12.2. The van der Waals surface area contributed by atoms with Crippen molar-refractivity contribution in [2.75, 3.05) is 6.61 Å². The van der Waals surface area contributed by atoms with E-state index in [0.29, 0.717) is 12.8 Å². The van der Waals surface area contributed by atoms with Crippen LogP contribution in [0.25, 0.3) is 0 Å². The van der Waals surface area contributed by atoms with E-state index in [9.17, 15) is 4.79 Å². The summed E-state index contributed by atoms with van der Waals surface area (Å²) in [7, 11) is 0. The molecule has 120 valence electrons. The summed E-state index contributed by atoms with van der Waals surface area (Å²) >= 11 is 0. The van der Waals surface area contributed by atoms with Crippen molar-refractivity contribution in [1.82, 2.24) is 14.9 Å². The van der Waals surface area contributed by atoms with Gasteiger partial charge in [-0.25, -0.2) is 4.98 Å². The standard InChI is InChI=1S/C16H29N3O2/c1-5-6-13(19-9-8-17-12-19)11-15(21)18-14(7-10-20)16(2,3)4/h8-9,12-14,20H,5-7,10-11H2,1-4H3,(H,18,21). The molecule has 0 aliphatic rings. The topological polar surface area (TPSA) is 67.2 Å². The minimum absolute atomic E-state index is 0.0138. The van der Waals surface area contributed by atoms with Crippen LogP contribution < -0.4 is 5.32 Å². The van der Waals surface area contributed by atoms with Crippen molar-refractivity contribution in [3.8, 4) is 0 Å². The zero-order chi connectivity index (χ0) is 15.9. The van der Waals surface area contributed by atoms with Crippen LogP contribution in [0.15, 0.2) is 18.7 Å². The van der Waals surface area contributed by atoms with Crippen molar-refractivity contribution >= 4 is 5.91 Å². The number of aromatic nitrogens is 2. The van der Waals surface area contributed by atoms with Crippen molar-refractivity contribution in [2.45, 2.75) is 65.5 Å². The molecular weight excluding hydrogens is 266 g/mol. The molecule has 0 radical (unpaired) electrons. The number of imidazole rings is 1. The van der Waals surface area contributed by atoms with Gasteiger partial charge in [-0.05, 0) is 18.3 Å². The van der Waals surface area contributed by atoms with Crippen molar-refractivity contribution in [3.05, 3.63) is 18.7 Å². The van der Waals surface area contributed by atoms with E-state index in [2.05, 4.69) is 38.0 Å². The van der Waals surface area contributed by atoms with Crippen LogP contribution in [0.4, 0.5) is 0 Å². The van der Waals surface area contributed by atoms with Gasteiger partial charge in [-0.3, -0.25) is 4.79 Å². The molecule has 21 heavy (non-hydrogen) atoms. The highest BCUT2D eigenvalue weighted by atomic mass is 16.3. The summed E-state index contributed by atoms with van der Waals surface area (Å²) in [6.07, 6.45) is 8.41. The van der Waals surface area contributed by atoms with E-state index in [1.54, 1.807) is 12.5 Å². The quantitative estimate of drug-likeness (QED) is 0.774. The SMILES string of the molecule is CCCC(CC(=O)NC(CCO)C(C)(C)C)n1ccnc1. The second-order valence-corrected chi connectivity index (χ2v) is 6.65.